The number of H-pyrrole nitrogens is 1. The molecule has 0 radical (unpaired) electrons. The van der Waals surface area contributed by atoms with Gasteiger partial charge in [-0.25, -0.2) is 4.79 Å². The van der Waals surface area contributed by atoms with Crippen LogP contribution in [0.1, 0.15) is 39.9 Å². The van der Waals surface area contributed by atoms with Gasteiger partial charge >= 0.3 is 5.69 Å². The number of benzene rings is 1. The van der Waals surface area contributed by atoms with Crippen molar-refractivity contribution >= 4 is 11.6 Å². The molecule has 0 spiro atoms. The average molecular weight is 357 g/mol. The number of carbonyl (C=O) groups is 1. The van der Waals surface area contributed by atoms with E-state index in [0.29, 0.717) is 12.3 Å². The lowest BCUT2D eigenvalue weighted by atomic mass is 10.0. The van der Waals surface area contributed by atoms with Gasteiger partial charge < -0.3 is 15.0 Å². The van der Waals surface area contributed by atoms with Gasteiger partial charge in [-0.3, -0.25) is 14.2 Å². The monoisotopic (exact) mass is 357 g/mol. The van der Waals surface area contributed by atoms with Crippen molar-refractivity contribution in [3.63, 3.8) is 0 Å². The van der Waals surface area contributed by atoms with E-state index in [9.17, 15) is 14.4 Å². The van der Waals surface area contributed by atoms with E-state index in [0.717, 1.165) is 34.1 Å². The van der Waals surface area contributed by atoms with E-state index in [1.807, 2.05) is 32.9 Å². The Labute approximate surface area is 151 Å². The normalized spacial score (nSPS) is 16.7. The Hall–Kier alpha value is -2.67. The molecular weight excluding hydrogens is 334 g/mol. The minimum atomic E-state index is -0.607. The van der Waals surface area contributed by atoms with Crippen LogP contribution in [0.5, 0.6) is 0 Å². The summed E-state index contributed by atoms with van der Waals surface area (Å²) in [7, 11) is 0. The molecule has 7 heteroatoms. The number of aromatic nitrogens is 2. The average Bonchev–Trinajstić information content (AvgIpc) is 3.07. The molecule has 2 N–H and O–H groups in total. The predicted octanol–water partition coefficient (Wildman–Crippen LogP) is 1.89. The van der Waals surface area contributed by atoms with E-state index in [1.54, 1.807) is 0 Å². The molecule has 1 aromatic heterocycles. The Bertz CT molecular complexity index is 929. The Kier molecular flexibility index (Phi) is 5.08. The zero-order chi connectivity index (χ0) is 18.8. The van der Waals surface area contributed by atoms with Crippen LogP contribution in [0.4, 0.5) is 5.69 Å². The molecular formula is C19H23N3O4. The quantitative estimate of drug-likeness (QED) is 0.874. The van der Waals surface area contributed by atoms with Crippen LogP contribution in [0.15, 0.2) is 27.9 Å². The third-order valence-electron chi connectivity index (χ3n) is 4.63. The number of nitrogens with zero attached hydrogens (tertiary/aromatic N) is 1. The number of hydrogen-bond donors (Lipinski definition) is 2. The van der Waals surface area contributed by atoms with Gasteiger partial charge in [0.25, 0.3) is 11.5 Å². The fraction of sp³-hybridized carbons (Fsp3) is 0.421. The minimum absolute atomic E-state index is 0.0954. The number of anilines is 1. The molecule has 7 nitrogen and oxygen atoms in total. The summed E-state index contributed by atoms with van der Waals surface area (Å²) in [5.74, 6) is -0.539. The van der Waals surface area contributed by atoms with Crippen LogP contribution >= 0.6 is 0 Å². The Morgan fingerprint density at radius 3 is 2.58 bits per heavy atom. The zero-order valence-electron chi connectivity index (χ0n) is 15.2. The number of ether oxygens (including phenoxy) is 1. The summed E-state index contributed by atoms with van der Waals surface area (Å²) in [6.07, 6.45) is 2.70. The van der Waals surface area contributed by atoms with Crippen molar-refractivity contribution in [2.45, 2.75) is 46.3 Å². The predicted molar refractivity (Wildman–Crippen MR) is 98.9 cm³/mol. The van der Waals surface area contributed by atoms with Gasteiger partial charge in [-0.15, -0.1) is 0 Å². The summed E-state index contributed by atoms with van der Waals surface area (Å²) in [4.78, 5) is 39.8. The molecule has 1 amide bonds. The highest BCUT2D eigenvalue weighted by Crippen LogP contribution is 2.22. The molecule has 1 aliphatic heterocycles. The van der Waals surface area contributed by atoms with Gasteiger partial charge in [0.1, 0.15) is 5.56 Å². The van der Waals surface area contributed by atoms with Crippen LogP contribution in [0.2, 0.25) is 0 Å². The molecule has 0 saturated carbocycles. The van der Waals surface area contributed by atoms with Crippen molar-refractivity contribution in [2.24, 2.45) is 0 Å². The fourth-order valence-electron chi connectivity index (χ4n) is 3.39. The maximum Gasteiger partial charge on any atom is 0.328 e. The first-order chi connectivity index (χ1) is 12.4. The number of nitrogens with one attached hydrogen (secondary N) is 2. The molecule has 26 heavy (non-hydrogen) atoms. The van der Waals surface area contributed by atoms with Crippen LogP contribution in [0, 0.1) is 20.8 Å². The van der Waals surface area contributed by atoms with Gasteiger partial charge in [-0.2, -0.15) is 0 Å². The third-order valence-corrected chi connectivity index (χ3v) is 4.63. The van der Waals surface area contributed by atoms with Crippen molar-refractivity contribution < 1.29 is 9.53 Å². The van der Waals surface area contributed by atoms with E-state index >= 15 is 0 Å². The molecule has 1 aliphatic rings. The summed E-state index contributed by atoms with van der Waals surface area (Å²) in [5.41, 5.74) is 2.37. The van der Waals surface area contributed by atoms with Gasteiger partial charge in [0, 0.05) is 18.5 Å². The molecule has 1 aromatic carbocycles. The van der Waals surface area contributed by atoms with E-state index in [4.69, 9.17) is 4.74 Å². The third kappa shape index (κ3) is 3.62. The summed E-state index contributed by atoms with van der Waals surface area (Å²) >= 11 is 0. The molecule has 2 heterocycles. The first-order valence-electron chi connectivity index (χ1n) is 8.70. The molecule has 0 aliphatic carbocycles. The van der Waals surface area contributed by atoms with Crippen molar-refractivity contribution in [3.05, 3.63) is 61.4 Å². The minimum Gasteiger partial charge on any atom is -0.376 e. The molecule has 0 bridgehead atoms. The van der Waals surface area contributed by atoms with Crippen LogP contribution in [0.25, 0.3) is 0 Å². The Morgan fingerprint density at radius 2 is 1.96 bits per heavy atom. The van der Waals surface area contributed by atoms with Crippen LogP contribution < -0.4 is 16.6 Å². The highest BCUT2D eigenvalue weighted by atomic mass is 16.5. The number of aryl methyl sites for hydroxylation is 3. The summed E-state index contributed by atoms with van der Waals surface area (Å²) in [6.45, 7) is 6.56. The van der Waals surface area contributed by atoms with Gasteiger partial charge in [0.2, 0.25) is 0 Å². The van der Waals surface area contributed by atoms with Crippen molar-refractivity contribution in [3.8, 4) is 0 Å². The second kappa shape index (κ2) is 7.29. The van der Waals surface area contributed by atoms with Crippen molar-refractivity contribution in [2.75, 3.05) is 11.9 Å². The largest absolute Gasteiger partial charge is 0.376 e. The lowest BCUT2D eigenvalue weighted by Gasteiger charge is -2.14. The zero-order valence-corrected chi connectivity index (χ0v) is 15.2. The highest BCUT2D eigenvalue weighted by Gasteiger charge is 2.21. The van der Waals surface area contributed by atoms with Crippen LogP contribution in [-0.4, -0.2) is 28.2 Å². The summed E-state index contributed by atoms with van der Waals surface area (Å²) < 4.78 is 6.53. The SMILES string of the molecule is Cc1cc(C)c(NC(=O)c2c[nH]c(=O)n(CC3CCCO3)c2=O)c(C)c1. The summed E-state index contributed by atoms with van der Waals surface area (Å²) in [6, 6.07) is 3.93. The smallest absolute Gasteiger partial charge is 0.328 e. The molecule has 138 valence electrons. The van der Waals surface area contributed by atoms with Gasteiger partial charge in [0.05, 0.1) is 12.6 Å². The highest BCUT2D eigenvalue weighted by molar-refractivity contribution is 6.04. The molecule has 1 atom stereocenters. The number of aromatic amines is 1. The van der Waals surface area contributed by atoms with Crippen molar-refractivity contribution in [1.82, 2.24) is 9.55 Å². The number of rotatable bonds is 4. The molecule has 1 saturated heterocycles. The first kappa shape index (κ1) is 18.1. The maximum atomic E-state index is 12.7. The number of amides is 1. The number of hydrogen-bond acceptors (Lipinski definition) is 4. The number of carbonyl (C=O) groups excluding carboxylic acids is 1. The fourth-order valence-corrected chi connectivity index (χ4v) is 3.39. The molecule has 1 fully saturated rings. The lowest BCUT2D eigenvalue weighted by molar-refractivity contribution is 0.0941. The van der Waals surface area contributed by atoms with E-state index in [2.05, 4.69) is 10.3 Å². The lowest BCUT2D eigenvalue weighted by Crippen LogP contribution is -2.41. The van der Waals surface area contributed by atoms with E-state index < -0.39 is 17.2 Å². The van der Waals surface area contributed by atoms with E-state index in [1.165, 1.54) is 6.20 Å². The Morgan fingerprint density at radius 1 is 1.27 bits per heavy atom. The molecule has 1 unspecified atom stereocenters. The van der Waals surface area contributed by atoms with Crippen LogP contribution in [-0.2, 0) is 11.3 Å². The first-order valence-corrected chi connectivity index (χ1v) is 8.70. The molecule has 3 rings (SSSR count). The van der Waals surface area contributed by atoms with Gasteiger partial charge in [0.15, 0.2) is 0 Å². The summed E-state index contributed by atoms with van der Waals surface area (Å²) in [5, 5.41) is 2.80. The Balaban J connectivity index is 1.90. The molecule has 2 aromatic rings. The van der Waals surface area contributed by atoms with E-state index in [-0.39, 0.29) is 18.2 Å². The van der Waals surface area contributed by atoms with Crippen molar-refractivity contribution in [1.29, 1.82) is 0 Å². The maximum absolute atomic E-state index is 12.7. The van der Waals surface area contributed by atoms with Gasteiger partial charge in [-0.1, -0.05) is 17.7 Å². The van der Waals surface area contributed by atoms with Crippen LogP contribution in [0.3, 0.4) is 0 Å². The standard InChI is InChI=1S/C19H23N3O4/c1-11-7-12(2)16(13(3)8-11)21-17(23)15-9-20-19(25)22(18(15)24)10-14-5-4-6-26-14/h7-9,14H,4-6,10H2,1-3H3,(H,20,25)(H,21,23). The van der Waals surface area contributed by atoms with Gasteiger partial charge in [-0.05, 0) is 44.7 Å². The second-order valence-corrected chi connectivity index (χ2v) is 6.79. The second-order valence-electron chi connectivity index (χ2n) is 6.79. The topological polar surface area (TPSA) is 93.2 Å².